The van der Waals surface area contributed by atoms with Crippen molar-refractivity contribution in [2.75, 3.05) is 0 Å². The van der Waals surface area contributed by atoms with E-state index in [0.717, 1.165) is 22.2 Å². The molecule has 0 aliphatic rings. The molecule has 2 aromatic carbocycles. The highest BCUT2D eigenvalue weighted by Crippen LogP contribution is 2.23. The first-order chi connectivity index (χ1) is 12.7. The van der Waals surface area contributed by atoms with Gasteiger partial charge in [-0.05, 0) is 37.3 Å². The molecule has 0 fully saturated rings. The van der Waals surface area contributed by atoms with E-state index in [1.807, 2.05) is 31.2 Å². The molecule has 3 heterocycles. The molecule has 3 aromatic heterocycles. The Labute approximate surface area is 147 Å². The maximum absolute atomic E-state index is 13.2. The Hall–Kier alpha value is -3.61. The first kappa shape index (κ1) is 14.7. The minimum absolute atomic E-state index is 0.291. The van der Waals surface area contributed by atoms with Gasteiger partial charge in [0, 0.05) is 5.56 Å². The van der Waals surface area contributed by atoms with E-state index < -0.39 is 0 Å². The van der Waals surface area contributed by atoms with E-state index in [4.69, 9.17) is 0 Å². The molecule has 5 aromatic rings. The van der Waals surface area contributed by atoms with Crippen LogP contribution in [0.1, 0.15) is 5.56 Å². The standard InChI is InChI=1S/C19H13FN6/c1-12-3-2-4-13(9-12)17-23-19-16-10-22-26(15-7-5-14(20)6-8-15)18(16)21-11-25(19)24-17/h2-11H,1H3. The Balaban J connectivity index is 1.70. The summed E-state index contributed by atoms with van der Waals surface area (Å²) in [5, 5.41) is 9.70. The topological polar surface area (TPSA) is 60.9 Å². The lowest BCUT2D eigenvalue weighted by molar-refractivity contribution is 0.627. The predicted molar refractivity (Wildman–Crippen MR) is 95.5 cm³/mol. The van der Waals surface area contributed by atoms with Crippen molar-refractivity contribution in [2.45, 2.75) is 6.92 Å². The number of hydrogen-bond donors (Lipinski definition) is 0. The predicted octanol–water partition coefficient (Wildman–Crippen LogP) is 3.58. The average Bonchev–Trinajstić information content (AvgIpc) is 3.26. The molecule has 6 nitrogen and oxygen atoms in total. The minimum atomic E-state index is -0.291. The Kier molecular flexibility index (Phi) is 3.08. The summed E-state index contributed by atoms with van der Waals surface area (Å²) >= 11 is 0. The monoisotopic (exact) mass is 344 g/mol. The number of hydrogen-bond acceptors (Lipinski definition) is 4. The third kappa shape index (κ3) is 2.25. The molecule has 0 aliphatic carbocycles. The normalized spacial score (nSPS) is 11.5. The highest BCUT2D eigenvalue weighted by Gasteiger charge is 2.14. The summed E-state index contributed by atoms with van der Waals surface area (Å²) in [6, 6.07) is 14.2. The zero-order valence-electron chi connectivity index (χ0n) is 13.8. The fraction of sp³-hybridized carbons (Fsp3) is 0.0526. The van der Waals surface area contributed by atoms with Gasteiger partial charge in [0.25, 0.3) is 0 Å². The van der Waals surface area contributed by atoms with Crippen LogP contribution in [0.15, 0.2) is 61.1 Å². The second-order valence-corrected chi connectivity index (χ2v) is 6.09. The maximum atomic E-state index is 13.2. The maximum Gasteiger partial charge on any atom is 0.182 e. The van der Waals surface area contributed by atoms with Gasteiger partial charge >= 0.3 is 0 Å². The summed E-state index contributed by atoms with van der Waals surface area (Å²) < 4.78 is 16.5. The average molecular weight is 344 g/mol. The van der Waals surface area contributed by atoms with Crippen LogP contribution in [0.5, 0.6) is 0 Å². The highest BCUT2D eigenvalue weighted by molar-refractivity contribution is 5.89. The first-order valence-corrected chi connectivity index (χ1v) is 8.11. The highest BCUT2D eigenvalue weighted by atomic mass is 19.1. The molecule has 0 saturated carbocycles. The molecule has 5 rings (SSSR count). The molecule has 0 radical (unpaired) electrons. The van der Waals surface area contributed by atoms with Crippen LogP contribution >= 0.6 is 0 Å². The summed E-state index contributed by atoms with van der Waals surface area (Å²) in [5.74, 6) is 0.346. The smallest absolute Gasteiger partial charge is 0.182 e. The number of halogens is 1. The van der Waals surface area contributed by atoms with E-state index in [0.29, 0.717) is 17.1 Å². The van der Waals surface area contributed by atoms with Gasteiger partial charge in [-0.25, -0.2) is 23.6 Å². The van der Waals surface area contributed by atoms with Crippen LogP contribution in [-0.2, 0) is 0 Å². The van der Waals surface area contributed by atoms with Crippen molar-refractivity contribution in [1.29, 1.82) is 0 Å². The Morgan fingerprint density at radius 3 is 2.65 bits per heavy atom. The van der Waals surface area contributed by atoms with Crippen molar-refractivity contribution < 1.29 is 4.39 Å². The Morgan fingerprint density at radius 2 is 1.85 bits per heavy atom. The quantitative estimate of drug-likeness (QED) is 0.491. The summed E-state index contributed by atoms with van der Waals surface area (Å²) in [6.45, 7) is 2.03. The van der Waals surface area contributed by atoms with Crippen LogP contribution in [0, 0.1) is 12.7 Å². The number of rotatable bonds is 2. The molecule has 0 N–H and O–H groups in total. The van der Waals surface area contributed by atoms with Gasteiger partial charge in [-0.3, -0.25) is 0 Å². The molecule has 26 heavy (non-hydrogen) atoms. The van der Waals surface area contributed by atoms with E-state index in [2.05, 4.69) is 20.2 Å². The molecule has 0 spiro atoms. The summed E-state index contributed by atoms with van der Waals surface area (Å²) in [5.41, 5.74) is 4.16. The fourth-order valence-corrected chi connectivity index (χ4v) is 3.00. The molecule has 0 amide bonds. The second kappa shape index (κ2) is 5.45. The van der Waals surface area contributed by atoms with E-state index in [1.165, 1.54) is 12.1 Å². The molecular formula is C19H13FN6. The first-order valence-electron chi connectivity index (χ1n) is 8.11. The number of nitrogens with zero attached hydrogens (tertiary/aromatic N) is 6. The van der Waals surface area contributed by atoms with Gasteiger partial charge in [0.2, 0.25) is 0 Å². The number of aryl methyl sites for hydroxylation is 1. The largest absolute Gasteiger partial charge is 0.216 e. The third-order valence-corrected chi connectivity index (χ3v) is 4.25. The SMILES string of the molecule is Cc1cccc(-c2nc3c4cnn(-c5ccc(F)cc5)c4ncn3n2)c1. The van der Waals surface area contributed by atoms with Gasteiger partial charge in [-0.2, -0.15) is 5.10 Å². The lowest BCUT2D eigenvalue weighted by Gasteiger charge is -2.02. The van der Waals surface area contributed by atoms with Gasteiger partial charge in [-0.1, -0.05) is 23.8 Å². The van der Waals surface area contributed by atoms with Crippen LogP contribution in [0.2, 0.25) is 0 Å². The molecule has 0 atom stereocenters. The fourth-order valence-electron chi connectivity index (χ4n) is 3.00. The van der Waals surface area contributed by atoms with Gasteiger partial charge in [0.1, 0.15) is 12.1 Å². The van der Waals surface area contributed by atoms with E-state index in [1.54, 1.807) is 33.9 Å². The van der Waals surface area contributed by atoms with Crippen molar-refractivity contribution in [3.8, 4) is 17.1 Å². The lowest BCUT2D eigenvalue weighted by atomic mass is 10.1. The van der Waals surface area contributed by atoms with Crippen LogP contribution < -0.4 is 0 Å². The van der Waals surface area contributed by atoms with Gasteiger partial charge in [0.05, 0.1) is 17.3 Å². The van der Waals surface area contributed by atoms with Crippen molar-refractivity contribution in [1.82, 2.24) is 29.4 Å². The zero-order chi connectivity index (χ0) is 17.7. The Bertz CT molecular complexity index is 1250. The third-order valence-electron chi connectivity index (χ3n) is 4.25. The Morgan fingerprint density at radius 1 is 1.00 bits per heavy atom. The summed E-state index contributed by atoms with van der Waals surface area (Å²) in [4.78, 5) is 9.13. The van der Waals surface area contributed by atoms with Crippen LogP contribution in [0.25, 0.3) is 33.8 Å². The van der Waals surface area contributed by atoms with Gasteiger partial charge in [0.15, 0.2) is 17.1 Å². The molecule has 7 heteroatoms. The van der Waals surface area contributed by atoms with Gasteiger partial charge < -0.3 is 0 Å². The van der Waals surface area contributed by atoms with Crippen molar-refractivity contribution in [3.63, 3.8) is 0 Å². The number of aromatic nitrogens is 6. The van der Waals surface area contributed by atoms with Crippen molar-refractivity contribution in [2.24, 2.45) is 0 Å². The summed E-state index contributed by atoms with van der Waals surface area (Å²) in [7, 11) is 0. The van der Waals surface area contributed by atoms with Crippen LogP contribution in [0.4, 0.5) is 4.39 Å². The van der Waals surface area contributed by atoms with Gasteiger partial charge in [-0.15, -0.1) is 5.10 Å². The molecule has 0 unspecified atom stereocenters. The number of fused-ring (bicyclic) bond motifs is 3. The minimum Gasteiger partial charge on any atom is -0.216 e. The van der Waals surface area contributed by atoms with E-state index in [-0.39, 0.29) is 5.82 Å². The molecule has 0 saturated heterocycles. The van der Waals surface area contributed by atoms with Crippen molar-refractivity contribution >= 4 is 16.7 Å². The molecule has 0 aliphatic heterocycles. The van der Waals surface area contributed by atoms with E-state index >= 15 is 0 Å². The van der Waals surface area contributed by atoms with E-state index in [9.17, 15) is 4.39 Å². The van der Waals surface area contributed by atoms with Crippen LogP contribution in [0.3, 0.4) is 0 Å². The molecular weight excluding hydrogens is 331 g/mol. The van der Waals surface area contributed by atoms with Crippen molar-refractivity contribution in [3.05, 3.63) is 72.4 Å². The molecule has 0 bridgehead atoms. The number of benzene rings is 2. The zero-order valence-corrected chi connectivity index (χ0v) is 13.8. The van der Waals surface area contributed by atoms with Crippen LogP contribution in [-0.4, -0.2) is 29.4 Å². The lowest BCUT2D eigenvalue weighted by Crippen LogP contribution is -1.99. The summed E-state index contributed by atoms with van der Waals surface area (Å²) in [6.07, 6.45) is 3.32. The molecule has 126 valence electrons. The second-order valence-electron chi connectivity index (χ2n) is 6.09.